The van der Waals surface area contributed by atoms with Crippen LogP contribution in [0, 0.1) is 5.82 Å². The summed E-state index contributed by atoms with van der Waals surface area (Å²) in [5.41, 5.74) is 5.32. The average molecular weight is 324 g/mol. The highest BCUT2D eigenvalue weighted by Crippen LogP contribution is 2.24. The second-order valence-electron chi connectivity index (χ2n) is 4.29. The Hall–Kier alpha value is -1.22. The van der Waals surface area contributed by atoms with Crippen LogP contribution in [0.15, 0.2) is 23.1 Å². The lowest BCUT2D eigenvalue weighted by Crippen LogP contribution is -2.27. The number of anilines is 1. The van der Waals surface area contributed by atoms with Crippen LogP contribution in [0.5, 0.6) is 0 Å². The standard InChI is InChI=1S/C11H14FN3O3S.ClH/c12-9-4-3-8(14-11(16)6-13)5-10(9)19(17,18)15-7-1-2-7;/h3-5,7,15H,1-2,6,13H2,(H,14,16);1H. The molecule has 6 nitrogen and oxygen atoms in total. The van der Waals surface area contributed by atoms with Crippen molar-refractivity contribution in [2.24, 2.45) is 5.73 Å². The van der Waals surface area contributed by atoms with Crippen molar-refractivity contribution in [1.82, 2.24) is 4.72 Å². The number of benzene rings is 1. The third-order valence-electron chi connectivity index (χ3n) is 2.59. The molecule has 2 rings (SSSR count). The van der Waals surface area contributed by atoms with E-state index in [2.05, 4.69) is 10.0 Å². The Labute approximate surface area is 122 Å². The van der Waals surface area contributed by atoms with Gasteiger partial charge < -0.3 is 11.1 Å². The number of halogens is 2. The van der Waals surface area contributed by atoms with Gasteiger partial charge >= 0.3 is 0 Å². The summed E-state index contributed by atoms with van der Waals surface area (Å²) >= 11 is 0. The predicted molar refractivity (Wildman–Crippen MR) is 74.7 cm³/mol. The monoisotopic (exact) mass is 323 g/mol. The van der Waals surface area contributed by atoms with Gasteiger partial charge in [0.2, 0.25) is 15.9 Å². The SMILES string of the molecule is Cl.NCC(=O)Nc1ccc(F)c(S(=O)(=O)NC2CC2)c1. The fourth-order valence-corrected chi connectivity index (χ4v) is 2.89. The molecule has 1 saturated carbocycles. The van der Waals surface area contributed by atoms with Crippen molar-refractivity contribution in [3.8, 4) is 0 Å². The molecule has 0 radical (unpaired) electrons. The maximum absolute atomic E-state index is 13.6. The Balaban J connectivity index is 0.00000200. The first kappa shape index (κ1) is 16.8. The molecule has 0 aromatic heterocycles. The summed E-state index contributed by atoms with van der Waals surface area (Å²) in [6, 6.07) is 3.23. The van der Waals surface area contributed by atoms with Crippen LogP contribution in [0.3, 0.4) is 0 Å². The fourth-order valence-electron chi connectivity index (χ4n) is 1.48. The van der Waals surface area contributed by atoms with E-state index < -0.39 is 26.6 Å². The highest BCUT2D eigenvalue weighted by atomic mass is 35.5. The van der Waals surface area contributed by atoms with Gasteiger partial charge in [-0.1, -0.05) is 0 Å². The average Bonchev–Trinajstić information content (AvgIpc) is 3.14. The molecule has 112 valence electrons. The fraction of sp³-hybridized carbons (Fsp3) is 0.364. The van der Waals surface area contributed by atoms with Gasteiger partial charge in [0, 0.05) is 11.7 Å². The van der Waals surface area contributed by atoms with Crippen molar-refractivity contribution >= 4 is 34.0 Å². The van der Waals surface area contributed by atoms with Gasteiger partial charge in [-0.2, -0.15) is 0 Å². The number of rotatable bonds is 5. The van der Waals surface area contributed by atoms with E-state index >= 15 is 0 Å². The van der Waals surface area contributed by atoms with Crippen molar-refractivity contribution < 1.29 is 17.6 Å². The molecule has 0 unspecified atom stereocenters. The summed E-state index contributed by atoms with van der Waals surface area (Å²) in [5, 5.41) is 2.38. The van der Waals surface area contributed by atoms with Gasteiger partial charge in [-0.05, 0) is 31.0 Å². The number of carbonyl (C=O) groups excluding carboxylic acids is 1. The molecule has 1 aromatic rings. The topological polar surface area (TPSA) is 101 Å². The second kappa shape index (κ2) is 6.49. The lowest BCUT2D eigenvalue weighted by molar-refractivity contribution is -0.114. The minimum absolute atomic E-state index is 0. The molecule has 1 fully saturated rings. The lowest BCUT2D eigenvalue weighted by Gasteiger charge is -2.09. The maximum atomic E-state index is 13.6. The first-order chi connectivity index (χ1) is 8.92. The molecule has 1 aliphatic rings. The minimum Gasteiger partial charge on any atom is -0.325 e. The molecule has 1 aromatic carbocycles. The zero-order valence-corrected chi connectivity index (χ0v) is 12.1. The Morgan fingerprint density at radius 2 is 2.05 bits per heavy atom. The van der Waals surface area contributed by atoms with E-state index in [4.69, 9.17) is 5.73 Å². The van der Waals surface area contributed by atoms with E-state index in [-0.39, 0.29) is 30.7 Å². The summed E-state index contributed by atoms with van der Waals surface area (Å²) < 4.78 is 39.8. The zero-order chi connectivity index (χ0) is 14.0. The molecule has 0 spiro atoms. The Morgan fingerprint density at radius 1 is 1.40 bits per heavy atom. The summed E-state index contributed by atoms with van der Waals surface area (Å²) in [7, 11) is -3.90. The van der Waals surface area contributed by atoms with Crippen molar-refractivity contribution in [3.05, 3.63) is 24.0 Å². The van der Waals surface area contributed by atoms with E-state index in [1.807, 2.05) is 0 Å². The van der Waals surface area contributed by atoms with Gasteiger partial charge in [-0.25, -0.2) is 17.5 Å². The Kier molecular flexibility index (Phi) is 5.46. The van der Waals surface area contributed by atoms with Crippen LogP contribution in [0.2, 0.25) is 0 Å². The molecule has 0 saturated heterocycles. The maximum Gasteiger partial charge on any atom is 0.243 e. The molecule has 1 amide bonds. The normalized spacial score (nSPS) is 14.5. The second-order valence-corrected chi connectivity index (χ2v) is 5.98. The smallest absolute Gasteiger partial charge is 0.243 e. The Bertz CT molecular complexity index is 605. The predicted octanol–water partition coefficient (Wildman–Crippen LogP) is 0.585. The number of nitrogens with two attached hydrogens (primary N) is 1. The van der Waals surface area contributed by atoms with E-state index in [0.717, 1.165) is 25.0 Å². The summed E-state index contributed by atoms with van der Waals surface area (Å²) in [5.74, 6) is -1.34. The quantitative estimate of drug-likeness (QED) is 0.738. The summed E-state index contributed by atoms with van der Waals surface area (Å²) in [6.07, 6.45) is 1.51. The largest absolute Gasteiger partial charge is 0.325 e. The summed E-state index contributed by atoms with van der Waals surface area (Å²) in [4.78, 5) is 10.6. The highest BCUT2D eigenvalue weighted by molar-refractivity contribution is 7.89. The van der Waals surface area contributed by atoms with Gasteiger partial charge in [0.25, 0.3) is 0 Å². The van der Waals surface area contributed by atoms with Crippen molar-refractivity contribution in [2.45, 2.75) is 23.8 Å². The van der Waals surface area contributed by atoms with E-state index in [1.165, 1.54) is 6.07 Å². The molecular formula is C11H15ClFN3O3S. The number of sulfonamides is 1. The van der Waals surface area contributed by atoms with Gasteiger partial charge in [-0.3, -0.25) is 4.79 Å². The molecule has 4 N–H and O–H groups in total. The summed E-state index contributed by atoms with van der Waals surface area (Å²) in [6.45, 7) is -0.236. The molecule has 0 heterocycles. The van der Waals surface area contributed by atoms with E-state index in [0.29, 0.717) is 0 Å². The van der Waals surface area contributed by atoms with E-state index in [1.54, 1.807) is 0 Å². The molecule has 0 aliphatic heterocycles. The van der Waals surface area contributed by atoms with Crippen LogP contribution in [0.4, 0.5) is 10.1 Å². The number of hydrogen-bond donors (Lipinski definition) is 3. The van der Waals surface area contributed by atoms with Crippen molar-refractivity contribution in [1.29, 1.82) is 0 Å². The third-order valence-corrected chi connectivity index (χ3v) is 4.12. The van der Waals surface area contributed by atoms with Gasteiger partial charge in [0.1, 0.15) is 10.7 Å². The van der Waals surface area contributed by atoms with Crippen LogP contribution in [0.1, 0.15) is 12.8 Å². The molecular weight excluding hydrogens is 309 g/mol. The van der Waals surface area contributed by atoms with Crippen LogP contribution < -0.4 is 15.8 Å². The van der Waals surface area contributed by atoms with Crippen LogP contribution >= 0.6 is 12.4 Å². The number of hydrogen-bond acceptors (Lipinski definition) is 4. The highest BCUT2D eigenvalue weighted by Gasteiger charge is 2.29. The molecule has 9 heteroatoms. The van der Waals surface area contributed by atoms with Gasteiger partial charge in [0.05, 0.1) is 6.54 Å². The number of carbonyl (C=O) groups is 1. The molecule has 0 bridgehead atoms. The van der Waals surface area contributed by atoms with Crippen LogP contribution in [-0.4, -0.2) is 26.9 Å². The number of amides is 1. The molecule has 1 aliphatic carbocycles. The van der Waals surface area contributed by atoms with Crippen molar-refractivity contribution in [2.75, 3.05) is 11.9 Å². The van der Waals surface area contributed by atoms with Crippen molar-refractivity contribution in [3.63, 3.8) is 0 Å². The first-order valence-electron chi connectivity index (χ1n) is 5.74. The zero-order valence-electron chi connectivity index (χ0n) is 10.4. The third kappa shape index (κ3) is 4.14. The minimum atomic E-state index is -3.90. The van der Waals surface area contributed by atoms with E-state index in [9.17, 15) is 17.6 Å². The van der Waals surface area contributed by atoms with Gasteiger partial charge in [0.15, 0.2) is 0 Å². The number of nitrogens with one attached hydrogen (secondary N) is 2. The molecule has 20 heavy (non-hydrogen) atoms. The van der Waals surface area contributed by atoms with Gasteiger partial charge in [-0.15, -0.1) is 12.4 Å². The van der Waals surface area contributed by atoms with Crippen LogP contribution in [0.25, 0.3) is 0 Å². The lowest BCUT2D eigenvalue weighted by atomic mass is 10.3. The molecule has 0 atom stereocenters. The first-order valence-corrected chi connectivity index (χ1v) is 7.22. The Morgan fingerprint density at radius 3 is 2.60 bits per heavy atom. The van der Waals surface area contributed by atoms with Crippen LogP contribution in [-0.2, 0) is 14.8 Å².